The predicted molar refractivity (Wildman–Crippen MR) is 57.0 cm³/mol. The van der Waals surface area contributed by atoms with Gasteiger partial charge >= 0.3 is 0 Å². The van der Waals surface area contributed by atoms with Crippen LogP contribution in [-0.2, 0) is 0 Å². The second-order valence-corrected chi connectivity index (χ2v) is 3.11. The Bertz CT molecular complexity index is 489. The van der Waals surface area contributed by atoms with Gasteiger partial charge in [0.2, 0.25) is 0 Å². The number of nitrogens with zero attached hydrogens (tertiary/aromatic N) is 2. The van der Waals surface area contributed by atoms with E-state index < -0.39 is 11.6 Å². The van der Waals surface area contributed by atoms with Crippen molar-refractivity contribution in [1.82, 2.24) is 0 Å². The molecule has 2 rings (SSSR count). The smallest absolute Gasteiger partial charge is 0.157 e. The van der Waals surface area contributed by atoms with Crippen molar-refractivity contribution in [2.75, 3.05) is 0 Å². The van der Waals surface area contributed by atoms with E-state index in [0.717, 1.165) is 12.1 Å². The lowest BCUT2D eigenvalue weighted by molar-refractivity contribution is 0.585. The fraction of sp³-hybridized carbons (Fsp3) is 0. The Balaban J connectivity index is 2.31. The Hall–Kier alpha value is -2.10. The van der Waals surface area contributed by atoms with Gasteiger partial charge in [0.1, 0.15) is 0 Å². The van der Waals surface area contributed by atoms with Gasteiger partial charge in [-0.2, -0.15) is 5.11 Å². The van der Waals surface area contributed by atoms with Crippen LogP contribution in [0.15, 0.2) is 58.8 Å². The Morgan fingerprint density at radius 3 is 1.94 bits per heavy atom. The molecule has 4 heteroatoms. The minimum Gasteiger partial charge on any atom is -0.204 e. The summed E-state index contributed by atoms with van der Waals surface area (Å²) in [6.07, 6.45) is 0. The lowest BCUT2D eigenvalue weighted by Crippen LogP contribution is -1.80. The van der Waals surface area contributed by atoms with E-state index in [-0.39, 0.29) is 5.69 Å². The molecule has 0 amide bonds. The van der Waals surface area contributed by atoms with Crippen molar-refractivity contribution in [3.8, 4) is 0 Å². The third kappa shape index (κ3) is 2.28. The van der Waals surface area contributed by atoms with E-state index in [2.05, 4.69) is 10.2 Å². The molecule has 80 valence electrons. The molecule has 16 heavy (non-hydrogen) atoms. The quantitative estimate of drug-likeness (QED) is 0.668. The van der Waals surface area contributed by atoms with Crippen LogP contribution in [0.2, 0.25) is 0 Å². The molecule has 0 heterocycles. The molecule has 0 radical (unpaired) electrons. The normalized spacial score (nSPS) is 10.9. The van der Waals surface area contributed by atoms with Crippen molar-refractivity contribution in [2.24, 2.45) is 10.2 Å². The summed E-state index contributed by atoms with van der Waals surface area (Å²) >= 11 is 0. The fourth-order valence-corrected chi connectivity index (χ4v) is 1.19. The summed E-state index contributed by atoms with van der Waals surface area (Å²) in [5.74, 6) is -1.45. The molecule has 0 aromatic heterocycles. The second-order valence-electron chi connectivity index (χ2n) is 3.11. The van der Waals surface area contributed by atoms with Gasteiger partial charge in [0.15, 0.2) is 17.3 Å². The SMILES string of the molecule is Fc1cccc(F)c1N=Nc1ccccc1. The number of hydrogen-bond acceptors (Lipinski definition) is 2. The zero-order chi connectivity index (χ0) is 11.4. The van der Waals surface area contributed by atoms with Gasteiger partial charge in [-0.15, -0.1) is 5.11 Å². The maximum atomic E-state index is 13.2. The molecule has 0 bridgehead atoms. The molecule has 0 spiro atoms. The average molecular weight is 218 g/mol. The Morgan fingerprint density at radius 2 is 1.31 bits per heavy atom. The van der Waals surface area contributed by atoms with Gasteiger partial charge in [0, 0.05) is 0 Å². The molecule has 2 aromatic carbocycles. The molecule has 2 nitrogen and oxygen atoms in total. The molecule has 0 unspecified atom stereocenters. The van der Waals surface area contributed by atoms with E-state index in [1.165, 1.54) is 6.07 Å². The number of rotatable bonds is 2. The van der Waals surface area contributed by atoms with Crippen LogP contribution in [0.3, 0.4) is 0 Å². The summed E-state index contributed by atoms with van der Waals surface area (Å²) in [6, 6.07) is 12.3. The molecular weight excluding hydrogens is 210 g/mol. The van der Waals surface area contributed by atoms with Crippen LogP contribution in [-0.4, -0.2) is 0 Å². The standard InChI is InChI=1S/C12H8F2N2/c13-10-7-4-8-11(14)12(10)16-15-9-5-2-1-3-6-9/h1-8H. The Kier molecular flexibility index (Phi) is 3.00. The first-order valence-corrected chi connectivity index (χ1v) is 4.68. The van der Waals surface area contributed by atoms with Gasteiger partial charge < -0.3 is 0 Å². The van der Waals surface area contributed by atoms with Crippen LogP contribution in [0.1, 0.15) is 0 Å². The van der Waals surface area contributed by atoms with Crippen molar-refractivity contribution in [2.45, 2.75) is 0 Å². The summed E-state index contributed by atoms with van der Waals surface area (Å²) in [6.45, 7) is 0. The zero-order valence-corrected chi connectivity index (χ0v) is 8.27. The van der Waals surface area contributed by atoms with E-state index in [1.54, 1.807) is 24.3 Å². The summed E-state index contributed by atoms with van der Waals surface area (Å²) in [5.41, 5.74) is 0.177. The van der Waals surface area contributed by atoms with Gasteiger partial charge in [-0.3, -0.25) is 0 Å². The third-order valence-electron chi connectivity index (χ3n) is 1.96. The van der Waals surface area contributed by atoms with E-state index in [4.69, 9.17) is 0 Å². The second kappa shape index (κ2) is 4.61. The number of benzene rings is 2. The van der Waals surface area contributed by atoms with E-state index in [9.17, 15) is 8.78 Å². The number of azo groups is 1. The molecule has 0 atom stereocenters. The maximum Gasteiger partial charge on any atom is 0.157 e. The van der Waals surface area contributed by atoms with Crippen LogP contribution < -0.4 is 0 Å². The van der Waals surface area contributed by atoms with E-state index in [0.29, 0.717) is 5.69 Å². The number of halogens is 2. The highest BCUT2D eigenvalue weighted by molar-refractivity contribution is 5.41. The first-order valence-electron chi connectivity index (χ1n) is 4.68. The summed E-state index contributed by atoms with van der Waals surface area (Å²) in [4.78, 5) is 0. The molecule has 0 aliphatic carbocycles. The fourth-order valence-electron chi connectivity index (χ4n) is 1.19. The molecule has 0 aliphatic heterocycles. The van der Waals surface area contributed by atoms with E-state index in [1.807, 2.05) is 6.07 Å². The molecule has 0 aliphatic rings. The zero-order valence-electron chi connectivity index (χ0n) is 8.27. The Labute approximate surface area is 91.3 Å². The Morgan fingerprint density at radius 1 is 0.688 bits per heavy atom. The lowest BCUT2D eigenvalue weighted by Gasteiger charge is -1.96. The molecule has 0 N–H and O–H groups in total. The average Bonchev–Trinajstić information content (AvgIpc) is 2.30. The van der Waals surface area contributed by atoms with E-state index >= 15 is 0 Å². The summed E-state index contributed by atoms with van der Waals surface area (Å²) < 4.78 is 26.3. The molecule has 0 fully saturated rings. The summed E-state index contributed by atoms with van der Waals surface area (Å²) in [5, 5.41) is 7.29. The van der Waals surface area contributed by atoms with Gasteiger partial charge in [-0.1, -0.05) is 24.3 Å². The largest absolute Gasteiger partial charge is 0.204 e. The highest BCUT2D eigenvalue weighted by atomic mass is 19.1. The van der Waals surface area contributed by atoms with Crippen LogP contribution >= 0.6 is 0 Å². The van der Waals surface area contributed by atoms with Gasteiger partial charge in [0.05, 0.1) is 5.69 Å². The molecular formula is C12H8F2N2. The molecule has 2 aromatic rings. The van der Waals surface area contributed by atoms with Gasteiger partial charge in [0.25, 0.3) is 0 Å². The van der Waals surface area contributed by atoms with Crippen molar-refractivity contribution in [3.05, 3.63) is 60.2 Å². The molecule has 0 saturated carbocycles. The van der Waals surface area contributed by atoms with Crippen LogP contribution in [0.4, 0.5) is 20.2 Å². The highest BCUT2D eigenvalue weighted by Crippen LogP contribution is 2.23. The van der Waals surface area contributed by atoms with Gasteiger partial charge in [-0.25, -0.2) is 8.78 Å². The maximum absolute atomic E-state index is 13.2. The first-order chi connectivity index (χ1) is 7.77. The lowest BCUT2D eigenvalue weighted by atomic mass is 10.3. The third-order valence-corrected chi connectivity index (χ3v) is 1.96. The first kappa shape index (κ1) is 10.4. The monoisotopic (exact) mass is 218 g/mol. The topological polar surface area (TPSA) is 24.7 Å². The minimum absolute atomic E-state index is 0.369. The minimum atomic E-state index is -0.723. The van der Waals surface area contributed by atoms with Crippen molar-refractivity contribution < 1.29 is 8.78 Å². The van der Waals surface area contributed by atoms with Crippen LogP contribution in [0.5, 0.6) is 0 Å². The van der Waals surface area contributed by atoms with Crippen molar-refractivity contribution in [3.63, 3.8) is 0 Å². The summed E-state index contributed by atoms with van der Waals surface area (Å²) in [7, 11) is 0. The number of hydrogen-bond donors (Lipinski definition) is 0. The highest BCUT2D eigenvalue weighted by Gasteiger charge is 2.06. The van der Waals surface area contributed by atoms with Crippen LogP contribution in [0.25, 0.3) is 0 Å². The predicted octanol–water partition coefficient (Wildman–Crippen LogP) is 4.38. The molecule has 0 saturated heterocycles. The van der Waals surface area contributed by atoms with Crippen molar-refractivity contribution in [1.29, 1.82) is 0 Å². The van der Waals surface area contributed by atoms with Crippen molar-refractivity contribution >= 4 is 11.4 Å². The van der Waals surface area contributed by atoms with Gasteiger partial charge in [-0.05, 0) is 24.3 Å². The van der Waals surface area contributed by atoms with Crippen LogP contribution in [0, 0.1) is 11.6 Å².